The van der Waals surface area contributed by atoms with E-state index in [2.05, 4.69) is 48.5 Å². The van der Waals surface area contributed by atoms with Gasteiger partial charge in [-0.3, -0.25) is 0 Å². The summed E-state index contributed by atoms with van der Waals surface area (Å²) in [5, 5.41) is 0. The van der Waals surface area contributed by atoms with Crippen molar-refractivity contribution in [2.75, 3.05) is 0 Å². The second-order valence-electron chi connectivity index (χ2n) is 6.85. The first kappa shape index (κ1) is 19.2. The molecule has 3 unspecified atom stereocenters. The van der Waals surface area contributed by atoms with Crippen molar-refractivity contribution < 1.29 is 0 Å². The second-order valence-corrected chi connectivity index (χ2v) is 12.5. The van der Waals surface area contributed by atoms with E-state index in [9.17, 15) is 0 Å². The molecule has 0 aromatic rings. The minimum Gasteiger partial charge on any atom is -0.0654 e. The minimum absolute atomic E-state index is 0.999. The molecule has 0 aliphatic carbocycles. The predicted molar refractivity (Wildman–Crippen MR) is 93.8 cm³/mol. The minimum atomic E-state index is -1.16. The molecule has 0 aliphatic rings. The molecule has 0 aromatic heterocycles. The van der Waals surface area contributed by atoms with Gasteiger partial charge in [0.2, 0.25) is 0 Å². The molecule has 0 rings (SSSR count). The lowest BCUT2D eigenvalue weighted by Crippen LogP contribution is -2.46. The molecule has 0 N–H and O–H groups in total. The molecule has 0 aliphatic heterocycles. The zero-order valence-electron chi connectivity index (χ0n) is 14.9. The van der Waals surface area contributed by atoms with E-state index >= 15 is 0 Å². The van der Waals surface area contributed by atoms with Crippen molar-refractivity contribution in [1.29, 1.82) is 0 Å². The van der Waals surface area contributed by atoms with Gasteiger partial charge in [-0.15, -0.1) is 0 Å². The second kappa shape index (κ2) is 10.0. The van der Waals surface area contributed by atoms with Crippen LogP contribution in [0, 0.1) is 0 Å². The molecule has 19 heavy (non-hydrogen) atoms. The molecule has 0 saturated heterocycles. The summed E-state index contributed by atoms with van der Waals surface area (Å²) in [6, 6.07) is 1.59. The third-order valence-electron chi connectivity index (χ3n) is 6.05. The fraction of sp³-hybridized carbons (Fsp3) is 1.00. The maximum atomic E-state index is 2.57. The van der Waals surface area contributed by atoms with Gasteiger partial charge in [-0.05, 0) is 16.6 Å². The third-order valence-corrected chi connectivity index (χ3v) is 14.0. The van der Waals surface area contributed by atoms with Crippen LogP contribution in [-0.2, 0) is 0 Å². The molecule has 0 bridgehead atoms. The number of hydrogen-bond donors (Lipinski definition) is 0. The average molecular weight is 285 g/mol. The first-order chi connectivity index (χ1) is 9.00. The highest BCUT2D eigenvalue weighted by molar-refractivity contribution is 6.83. The Kier molecular flexibility index (Phi) is 10.1. The molecule has 0 nitrogen and oxygen atoms in total. The zero-order valence-corrected chi connectivity index (χ0v) is 15.9. The molecule has 0 fully saturated rings. The summed E-state index contributed by atoms with van der Waals surface area (Å²) in [5.74, 6) is 0. The van der Waals surface area contributed by atoms with Crippen molar-refractivity contribution in [3.63, 3.8) is 0 Å². The molecule has 1 heteroatoms. The molecular formula is C18H40Si. The summed E-state index contributed by atoms with van der Waals surface area (Å²) >= 11 is 0. The van der Waals surface area contributed by atoms with Gasteiger partial charge < -0.3 is 0 Å². The van der Waals surface area contributed by atoms with Gasteiger partial charge in [0.15, 0.2) is 0 Å². The van der Waals surface area contributed by atoms with E-state index in [1.165, 1.54) is 44.9 Å². The monoisotopic (exact) mass is 284 g/mol. The molecule has 116 valence electrons. The molecule has 0 aromatic carbocycles. The lowest BCUT2D eigenvalue weighted by atomic mass is 10.2. The first-order valence-corrected chi connectivity index (χ1v) is 11.4. The highest BCUT2D eigenvalue weighted by Crippen LogP contribution is 2.49. The lowest BCUT2D eigenvalue weighted by molar-refractivity contribution is 0.640. The molecule has 0 radical (unpaired) electrons. The fourth-order valence-electron chi connectivity index (χ4n) is 4.19. The summed E-state index contributed by atoms with van der Waals surface area (Å²) < 4.78 is 0. The maximum absolute atomic E-state index is 2.57. The highest BCUT2D eigenvalue weighted by atomic mass is 28.3. The van der Waals surface area contributed by atoms with E-state index < -0.39 is 8.07 Å². The summed E-state index contributed by atoms with van der Waals surface area (Å²) in [5.41, 5.74) is 3.00. The normalized spacial score (nSPS) is 19.7. The van der Waals surface area contributed by atoms with Gasteiger partial charge in [0.05, 0.1) is 8.07 Å². The maximum Gasteiger partial charge on any atom is 0.0620 e. The Morgan fingerprint density at radius 1 is 0.632 bits per heavy atom. The average Bonchev–Trinajstić information content (AvgIpc) is 2.45. The smallest absolute Gasteiger partial charge is 0.0620 e. The van der Waals surface area contributed by atoms with E-state index in [1.807, 2.05) is 0 Å². The van der Waals surface area contributed by atoms with Crippen LogP contribution in [-0.4, -0.2) is 8.07 Å². The molecule has 0 amide bonds. The van der Waals surface area contributed by atoms with Crippen molar-refractivity contribution in [2.45, 2.75) is 116 Å². The Balaban J connectivity index is 5.01. The summed E-state index contributed by atoms with van der Waals surface area (Å²) in [7, 11) is -1.16. The first-order valence-electron chi connectivity index (χ1n) is 9.00. The predicted octanol–water partition coefficient (Wildman–Crippen LogP) is 7.42. The van der Waals surface area contributed by atoms with Gasteiger partial charge in [-0.2, -0.15) is 0 Å². The van der Waals surface area contributed by atoms with Crippen LogP contribution < -0.4 is 0 Å². The van der Waals surface area contributed by atoms with Gasteiger partial charge in [0.25, 0.3) is 0 Å². The van der Waals surface area contributed by atoms with Crippen LogP contribution in [0.5, 0.6) is 0 Å². The van der Waals surface area contributed by atoms with Crippen molar-refractivity contribution in [3.05, 3.63) is 0 Å². The molecule has 3 atom stereocenters. The van der Waals surface area contributed by atoms with Gasteiger partial charge in [0, 0.05) is 0 Å². The summed E-state index contributed by atoms with van der Waals surface area (Å²) in [4.78, 5) is 0. The van der Waals surface area contributed by atoms with Gasteiger partial charge in [0.1, 0.15) is 0 Å². The molecule has 0 saturated carbocycles. The Morgan fingerprint density at radius 2 is 1.05 bits per heavy atom. The lowest BCUT2D eigenvalue weighted by Gasteiger charge is -2.47. The Morgan fingerprint density at radius 3 is 1.37 bits per heavy atom. The van der Waals surface area contributed by atoms with Gasteiger partial charge >= 0.3 is 0 Å². The van der Waals surface area contributed by atoms with Crippen LogP contribution in [0.1, 0.15) is 93.4 Å². The number of rotatable bonds is 11. The van der Waals surface area contributed by atoms with Crippen LogP contribution in [0.4, 0.5) is 0 Å². The van der Waals surface area contributed by atoms with Crippen molar-refractivity contribution in [3.8, 4) is 0 Å². The quantitative estimate of drug-likeness (QED) is 0.273. The van der Waals surface area contributed by atoms with Crippen molar-refractivity contribution in [1.82, 2.24) is 0 Å². The summed E-state index contributed by atoms with van der Waals surface area (Å²) in [6.07, 6.45) is 9.96. The Labute approximate surface area is 124 Å². The largest absolute Gasteiger partial charge is 0.0654 e. The van der Waals surface area contributed by atoms with Crippen molar-refractivity contribution in [2.24, 2.45) is 0 Å². The van der Waals surface area contributed by atoms with Gasteiger partial charge in [-0.25, -0.2) is 0 Å². The third kappa shape index (κ3) is 4.92. The molecular weight excluding hydrogens is 244 g/mol. The van der Waals surface area contributed by atoms with Gasteiger partial charge in [-0.1, -0.05) is 99.5 Å². The summed E-state index contributed by atoms with van der Waals surface area (Å²) in [6.45, 7) is 17.3. The molecule has 0 heterocycles. The standard InChI is InChI=1S/C18H40Si/c1-8-12-13-14-15-19(16(5)9-2,17(6)10-3)18(7)11-4/h16-18H,8-15H2,1-7H3. The van der Waals surface area contributed by atoms with E-state index in [0.717, 1.165) is 16.6 Å². The fourth-order valence-corrected chi connectivity index (χ4v) is 11.7. The Hall–Kier alpha value is 0.217. The van der Waals surface area contributed by atoms with Crippen LogP contribution in [0.3, 0.4) is 0 Å². The highest BCUT2D eigenvalue weighted by Gasteiger charge is 2.44. The molecule has 0 spiro atoms. The Bertz CT molecular complexity index is 185. The van der Waals surface area contributed by atoms with Crippen LogP contribution >= 0.6 is 0 Å². The topological polar surface area (TPSA) is 0 Å². The number of hydrogen-bond acceptors (Lipinski definition) is 0. The zero-order chi connectivity index (χ0) is 14.9. The van der Waals surface area contributed by atoms with E-state index in [-0.39, 0.29) is 0 Å². The van der Waals surface area contributed by atoms with E-state index in [4.69, 9.17) is 0 Å². The van der Waals surface area contributed by atoms with Crippen LogP contribution in [0.15, 0.2) is 0 Å². The van der Waals surface area contributed by atoms with Crippen LogP contribution in [0.25, 0.3) is 0 Å². The SMILES string of the molecule is CCCCCC[Si](C(C)CC)(C(C)CC)C(C)CC. The number of unbranched alkanes of at least 4 members (excludes halogenated alkanes) is 3. The van der Waals surface area contributed by atoms with E-state index in [1.54, 1.807) is 6.04 Å². The van der Waals surface area contributed by atoms with Crippen LogP contribution in [0.2, 0.25) is 22.7 Å². The van der Waals surface area contributed by atoms with Crippen molar-refractivity contribution >= 4 is 8.07 Å². The van der Waals surface area contributed by atoms with E-state index in [0.29, 0.717) is 0 Å².